The molecule has 0 saturated heterocycles. The third-order valence-electron chi connectivity index (χ3n) is 3.72. The zero-order chi connectivity index (χ0) is 14.4. The first-order chi connectivity index (χ1) is 9.80. The van der Waals surface area contributed by atoms with Gasteiger partial charge in [-0.05, 0) is 50.3 Å². The highest BCUT2D eigenvalue weighted by Crippen LogP contribution is 2.40. The lowest BCUT2D eigenvalue weighted by molar-refractivity contribution is 0.0184. The molecule has 1 fully saturated rings. The summed E-state index contributed by atoms with van der Waals surface area (Å²) in [4.78, 5) is 4.29. The molecule has 1 aliphatic rings. The van der Waals surface area contributed by atoms with Crippen LogP contribution in [0.5, 0.6) is 5.75 Å². The van der Waals surface area contributed by atoms with E-state index in [0.29, 0.717) is 5.92 Å². The molecule has 0 radical (unpaired) electrons. The van der Waals surface area contributed by atoms with E-state index in [4.69, 9.17) is 9.47 Å². The summed E-state index contributed by atoms with van der Waals surface area (Å²) in [5.41, 5.74) is 1.16. The van der Waals surface area contributed by atoms with Crippen molar-refractivity contribution in [3.8, 4) is 5.75 Å². The van der Waals surface area contributed by atoms with Crippen LogP contribution in [0.2, 0.25) is 0 Å². The maximum Gasteiger partial charge on any atom is 0.137 e. The molecule has 1 heterocycles. The van der Waals surface area contributed by atoms with Crippen LogP contribution in [0.15, 0.2) is 18.5 Å². The Bertz CT molecular complexity index is 407. The molecule has 2 atom stereocenters. The van der Waals surface area contributed by atoms with Crippen LogP contribution in [0.1, 0.15) is 44.7 Å². The predicted molar refractivity (Wildman–Crippen MR) is 80.0 cm³/mol. The number of hydrogen-bond acceptors (Lipinski definition) is 4. The highest BCUT2D eigenvalue weighted by Gasteiger charge is 2.37. The van der Waals surface area contributed by atoms with Crippen molar-refractivity contribution in [3.63, 3.8) is 0 Å². The summed E-state index contributed by atoms with van der Waals surface area (Å²) >= 11 is 0. The lowest BCUT2D eigenvalue weighted by atomic mass is 9.99. The molecule has 20 heavy (non-hydrogen) atoms. The summed E-state index contributed by atoms with van der Waals surface area (Å²) in [6.45, 7) is 5.98. The number of nitrogens with zero attached hydrogens (tertiary/aromatic N) is 1. The highest BCUT2D eigenvalue weighted by molar-refractivity contribution is 5.27. The minimum Gasteiger partial charge on any atom is -0.495 e. The number of ether oxygens (including phenoxy) is 2. The second kappa shape index (κ2) is 7.60. The van der Waals surface area contributed by atoms with Gasteiger partial charge in [0.25, 0.3) is 0 Å². The lowest BCUT2D eigenvalue weighted by Gasteiger charge is -2.28. The summed E-state index contributed by atoms with van der Waals surface area (Å²) in [6, 6.07) is 2.26. The van der Waals surface area contributed by atoms with Gasteiger partial charge in [0.2, 0.25) is 0 Å². The zero-order valence-electron chi connectivity index (χ0n) is 12.8. The Morgan fingerprint density at radius 3 is 2.75 bits per heavy atom. The van der Waals surface area contributed by atoms with Gasteiger partial charge >= 0.3 is 0 Å². The molecule has 0 aromatic carbocycles. The Hall–Kier alpha value is -1.13. The van der Waals surface area contributed by atoms with E-state index < -0.39 is 0 Å². The van der Waals surface area contributed by atoms with Crippen LogP contribution in [-0.4, -0.2) is 31.3 Å². The summed E-state index contributed by atoms with van der Waals surface area (Å²) in [7, 11) is 1.68. The lowest BCUT2D eigenvalue weighted by Crippen LogP contribution is -2.36. The quantitative estimate of drug-likeness (QED) is 0.754. The van der Waals surface area contributed by atoms with Gasteiger partial charge in [0, 0.05) is 12.8 Å². The maximum atomic E-state index is 6.02. The molecule has 1 aromatic rings. The predicted octanol–water partition coefficient (Wildman–Crippen LogP) is 2.95. The van der Waals surface area contributed by atoms with Gasteiger partial charge in [-0.2, -0.15) is 0 Å². The molecule has 0 aliphatic heterocycles. The number of rotatable bonds is 9. The van der Waals surface area contributed by atoms with Crippen molar-refractivity contribution in [1.82, 2.24) is 10.3 Å². The van der Waals surface area contributed by atoms with E-state index in [1.54, 1.807) is 13.3 Å². The second-order valence-corrected chi connectivity index (χ2v) is 5.35. The van der Waals surface area contributed by atoms with Crippen LogP contribution in [0.4, 0.5) is 0 Å². The van der Waals surface area contributed by atoms with Crippen LogP contribution >= 0.6 is 0 Å². The van der Waals surface area contributed by atoms with E-state index >= 15 is 0 Å². The van der Waals surface area contributed by atoms with Crippen molar-refractivity contribution in [2.24, 2.45) is 5.92 Å². The Morgan fingerprint density at radius 1 is 1.35 bits per heavy atom. The van der Waals surface area contributed by atoms with Crippen LogP contribution in [0, 0.1) is 5.92 Å². The molecule has 1 saturated carbocycles. The minimum atomic E-state index is 0.199. The molecular weight excluding hydrogens is 252 g/mol. The van der Waals surface area contributed by atoms with Gasteiger partial charge in [0.15, 0.2) is 0 Å². The monoisotopic (exact) mass is 278 g/mol. The first-order valence-corrected chi connectivity index (χ1v) is 7.64. The van der Waals surface area contributed by atoms with Gasteiger partial charge in [-0.25, -0.2) is 0 Å². The van der Waals surface area contributed by atoms with E-state index in [0.717, 1.165) is 30.9 Å². The van der Waals surface area contributed by atoms with Crippen LogP contribution in [0.25, 0.3) is 0 Å². The first-order valence-electron chi connectivity index (χ1n) is 7.64. The zero-order valence-corrected chi connectivity index (χ0v) is 12.8. The molecule has 4 heteroatoms. The average molecular weight is 278 g/mol. The molecular formula is C16H26N2O2. The Balaban J connectivity index is 2.19. The van der Waals surface area contributed by atoms with Gasteiger partial charge < -0.3 is 14.8 Å². The molecule has 2 rings (SSSR count). The van der Waals surface area contributed by atoms with E-state index in [1.807, 2.05) is 6.20 Å². The maximum absolute atomic E-state index is 6.02. The van der Waals surface area contributed by atoms with Crippen molar-refractivity contribution in [2.45, 2.75) is 45.3 Å². The minimum absolute atomic E-state index is 0.199. The van der Waals surface area contributed by atoms with Crippen molar-refractivity contribution in [1.29, 1.82) is 0 Å². The third-order valence-corrected chi connectivity index (χ3v) is 3.72. The van der Waals surface area contributed by atoms with Gasteiger partial charge in [-0.15, -0.1) is 0 Å². The Morgan fingerprint density at radius 2 is 2.15 bits per heavy atom. The molecule has 0 spiro atoms. The van der Waals surface area contributed by atoms with Crippen molar-refractivity contribution >= 4 is 0 Å². The fraction of sp³-hybridized carbons (Fsp3) is 0.688. The normalized spacial score (nSPS) is 17.8. The smallest absolute Gasteiger partial charge is 0.137 e. The Labute approximate surface area is 121 Å². The number of pyridine rings is 1. The van der Waals surface area contributed by atoms with E-state index in [1.165, 1.54) is 12.8 Å². The van der Waals surface area contributed by atoms with Gasteiger partial charge in [-0.1, -0.05) is 6.92 Å². The third kappa shape index (κ3) is 3.93. The topological polar surface area (TPSA) is 43.4 Å². The summed E-state index contributed by atoms with van der Waals surface area (Å²) < 4.78 is 11.3. The molecule has 4 nitrogen and oxygen atoms in total. The van der Waals surface area contributed by atoms with Gasteiger partial charge in [-0.3, -0.25) is 4.98 Å². The molecule has 1 N–H and O–H groups in total. The van der Waals surface area contributed by atoms with E-state index in [9.17, 15) is 0 Å². The molecule has 0 amide bonds. The highest BCUT2D eigenvalue weighted by atomic mass is 16.5. The number of methoxy groups -OCH3 is 1. The van der Waals surface area contributed by atoms with Gasteiger partial charge in [0.05, 0.1) is 25.5 Å². The second-order valence-electron chi connectivity index (χ2n) is 5.35. The number of hydrogen-bond donors (Lipinski definition) is 1. The van der Waals surface area contributed by atoms with Crippen molar-refractivity contribution in [3.05, 3.63) is 24.0 Å². The fourth-order valence-electron chi connectivity index (χ4n) is 2.56. The summed E-state index contributed by atoms with van der Waals surface area (Å²) in [5, 5.41) is 3.62. The SMILES string of the molecule is CCCNC(c1cncc(OC)c1)C(OCC)C1CC1. The van der Waals surface area contributed by atoms with Crippen LogP contribution in [-0.2, 0) is 4.74 Å². The molecule has 112 valence electrons. The molecule has 0 bridgehead atoms. The van der Waals surface area contributed by atoms with Crippen LogP contribution in [0.3, 0.4) is 0 Å². The number of nitrogens with one attached hydrogen (secondary N) is 1. The first kappa shape index (κ1) is 15.3. The molecule has 1 aliphatic carbocycles. The average Bonchev–Trinajstić information content (AvgIpc) is 3.31. The molecule has 1 aromatic heterocycles. The number of aromatic nitrogens is 1. The molecule has 2 unspecified atom stereocenters. The van der Waals surface area contributed by atoms with Crippen molar-refractivity contribution < 1.29 is 9.47 Å². The van der Waals surface area contributed by atoms with Crippen molar-refractivity contribution in [2.75, 3.05) is 20.3 Å². The summed E-state index contributed by atoms with van der Waals surface area (Å²) in [5.74, 6) is 1.48. The van der Waals surface area contributed by atoms with E-state index in [2.05, 4.69) is 30.2 Å². The Kier molecular flexibility index (Phi) is 5.80. The standard InChI is InChI=1S/C16H26N2O2/c1-4-8-18-15(16(20-5-2)12-6-7-12)13-9-14(19-3)11-17-10-13/h9-12,15-16,18H,4-8H2,1-3H3. The van der Waals surface area contributed by atoms with Gasteiger partial charge in [0.1, 0.15) is 5.75 Å². The van der Waals surface area contributed by atoms with E-state index in [-0.39, 0.29) is 12.1 Å². The summed E-state index contributed by atoms with van der Waals surface area (Å²) in [6.07, 6.45) is 7.55. The van der Waals surface area contributed by atoms with Crippen LogP contribution < -0.4 is 10.1 Å². The largest absolute Gasteiger partial charge is 0.495 e. The fourth-order valence-corrected chi connectivity index (χ4v) is 2.56.